The molecule has 0 bridgehead atoms. The maximum absolute atomic E-state index is 6.13. The highest BCUT2D eigenvalue weighted by Gasteiger charge is 2.29. The van der Waals surface area contributed by atoms with Gasteiger partial charge >= 0.3 is 0 Å². The van der Waals surface area contributed by atoms with Gasteiger partial charge in [0.1, 0.15) is 0 Å². The molecule has 2 rings (SSSR count). The van der Waals surface area contributed by atoms with Crippen molar-refractivity contribution >= 4 is 0 Å². The molecule has 3 nitrogen and oxygen atoms in total. The standard InChI is InChI=1S/C12H25N3/c1-14-7-6-10(8-14)9-15(2)12-5-3-4-11(12)13/h10-12H,3-9,13H2,1-2H3. The van der Waals surface area contributed by atoms with Gasteiger partial charge in [0.05, 0.1) is 0 Å². The van der Waals surface area contributed by atoms with Crippen LogP contribution in [0.2, 0.25) is 0 Å². The Labute approximate surface area is 93.6 Å². The second kappa shape index (κ2) is 4.81. The Bertz CT molecular complexity index is 207. The molecule has 0 aromatic rings. The highest BCUT2D eigenvalue weighted by molar-refractivity contribution is 4.88. The maximum Gasteiger partial charge on any atom is 0.0244 e. The van der Waals surface area contributed by atoms with Crippen LogP contribution in [-0.2, 0) is 0 Å². The number of nitrogens with two attached hydrogens (primary N) is 1. The topological polar surface area (TPSA) is 32.5 Å². The van der Waals surface area contributed by atoms with Gasteiger partial charge in [0.15, 0.2) is 0 Å². The Morgan fingerprint density at radius 1 is 1.33 bits per heavy atom. The molecule has 0 radical (unpaired) electrons. The molecule has 0 aromatic carbocycles. The summed E-state index contributed by atoms with van der Waals surface area (Å²) in [5, 5.41) is 0. The Hall–Kier alpha value is -0.120. The third kappa shape index (κ3) is 2.71. The van der Waals surface area contributed by atoms with Gasteiger partial charge in [0, 0.05) is 25.2 Å². The average molecular weight is 211 g/mol. The Morgan fingerprint density at radius 3 is 2.67 bits per heavy atom. The van der Waals surface area contributed by atoms with Crippen LogP contribution in [0.5, 0.6) is 0 Å². The lowest BCUT2D eigenvalue weighted by Gasteiger charge is -2.29. The van der Waals surface area contributed by atoms with E-state index in [2.05, 4.69) is 23.9 Å². The number of hydrogen-bond acceptors (Lipinski definition) is 3. The fourth-order valence-corrected chi connectivity index (χ4v) is 3.23. The van der Waals surface area contributed by atoms with Crippen molar-refractivity contribution in [3.05, 3.63) is 0 Å². The molecule has 1 saturated carbocycles. The highest BCUT2D eigenvalue weighted by atomic mass is 15.2. The summed E-state index contributed by atoms with van der Waals surface area (Å²) in [5.41, 5.74) is 6.13. The summed E-state index contributed by atoms with van der Waals surface area (Å²) in [6, 6.07) is 1.07. The Morgan fingerprint density at radius 2 is 2.13 bits per heavy atom. The summed E-state index contributed by atoms with van der Waals surface area (Å²) in [4.78, 5) is 4.95. The normalized spacial score (nSPS) is 38.0. The van der Waals surface area contributed by atoms with Gasteiger partial charge in [0.2, 0.25) is 0 Å². The molecule has 3 heteroatoms. The molecule has 0 amide bonds. The lowest BCUT2D eigenvalue weighted by Crippen LogP contribution is -2.44. The van der Waals surface area contributed by atoms with E-state index in [9.17, 15) is 0 Å². The van der Waals surface area contributed by atoms with Crippen molar-refractivity contribution in [1.82, 2.24) is 9.80 Å². The van der Waals surface area contributed by atoms with Gasteiger partial charge in [-0.05, 0) is 45.8 Å². The zero-order valence-corrected chi connectivity index (χ0v) is 10.2. The molecule has 2 fully saturated rings. The smallest absolute Gasteiger partial charge is 0.0244 e. The van der Waals surface area contributed by atoms with E-state index in [1.54, 1.807) is 0 Å². The first-order valence-corrected chi connectivity index (χ1v) is 6.31. The van der Waals surface area contributed by atoms with Gasteiger partial charge in [0.25, 0.3) is 0 Å². The summed E-state index contributed by atoms with van der Waals surface area (Å²) >= 11 is 0. The molecule has 1 aliphatic carbocycles. The van der Waals surface area contributed by atoms with Crippen LogP contribution in [0.25, 0.3) is 0 Å². The first-order chi connectivity index (χ1) is 7.16. The van der Waals surface area contributed by atoms with Crippen molar-refractivity contribution in [2.24, 2.45) is 11.7 Å². The highest BCUT2D eigenvalue weighted by Crippen LogP contribution is 2.24. The van der Waals surface area contributed by atoms with E-state index in [-0.39, 0.29) is 0 Å². The fourth-order valence-electron chi connectivity index (χ4n) is 3.23. The van der Waals surface area contributed by atoms with E-state index in [0.29, 0.717) is 12.1 Å². The van der Waals surface area contributed by atoms with Crippen molar-refractivity contribution in [3.63, 3.8) is 0 Å². The van der Waals surface area contributed by atoms with E-state index in [1.807, 2.05) is 0 Å². The molecule has 2 N–H and O–H groups in total. The van der Waals surface area contributed by atoms with Crippen molar-refractivity contribution in [2.75, 3.05) is 33.7 Å². The number of nitrogens with zero attached hydrogens (tertiary/aromatic N) is 2. The molecule has 2 aliphatic rings. The van der Waals surface area contributed by atoms with Crippen molar-refractivity contribution in [3.8, 4) is 0 Å². The molecule has 88 valence electrons. The van der Waals surface area contributed by atoms with Crippen LogP contribution in [0.1, 0.15) is 25.7 Å². The fraction of sp³-hybridized carbons (Fsp3) is 1.00. The van der Waals surface area contributed by atoms with Crippen LogP contribution < -0.4 is 5.73 Å². The van der Waals surface area contributed by atoms with E-state index in [4.69, 9.17) is 5.73 Å². The van der Waals surface area contributed by atoms with E-state index < -0.39 is 0 Å². The first-order valence-electron chi connectivity index (χ1n) is 6.31. The molecule has 3 atom stereocenters. The monoisotopic (exact) mass is 211 g/mol. The second-order valence-electron chi connectivity index (χ2n) is 5.52. The van der Waals surface area contributed by atoms with Gasteiger partial charge in [-0.2, -0.15) is 0 Å². The minimum absolute atomic E-state index is 0.425. The van der Waals surface area contributed by atoms with Crippen LogP contribution in [0.4, 0.5) is 0 Å². The van der Waals surface area contributed by atoms with Crippen LogP contribution in [0.15, 0.2) is 0 Å². The molecule has 1 aliphatic heterocycles. The molecular weight excluding hydrogens is 186 g/mol. The van der Waals surface area contributed by atoms with Gasteiger partial charge < -0.3 is 15.5 Å². The van der Waals surface area contributed by atoms with E-state index >= 15 is 0 Å². The summed E-state index contributed by atoms with van der Waals surface area (Å²) in [6.07, 6.45) is 5.21. The largest absolute Gasteiger partial charge is 0.326 e. The second-order valence-corrected chi connectivity index (χ2v) is 5.52. The molecule has 0 spiro atoms. The van der Waals surface area contributed by atoms with Crippen molar-refractivity contribution < 1.29 is 0 Å². The number of hydrogen-bond donors (Lipinski definition) is 1. The summed E-state index contributed by atoms with van der Waals surface area (Å²) in [7, 11) is 4.48. The van der Waals surface area contributed by atoms with E-state index in [0.717, 1.165) is 5.92 Å². The minimum atomic E-state index is 0.425. The predicted octanol–water partition coefficient (Wildman–Crippen LogP) is 0.750. The van der Waals surface area contributed by atoms with Crippen molar-refractivity contribution in [1.29, 1.82) is 0 Å². The molecule has 1 saturated heterocycles. The minimum Gasteiger partial charge on any atom is -0.326 e. The molecule has 1 heterocycles. The maximum atomic E-state index is 6.13. The Kier molecular flexibility index (Phi) is 3.65. The lowest BCUT2D eigenvalue weighted by atomic mass is 10.1. The van der Waals surface area contributed by atoms with Crippen LogP contribution >= 0.6 is 0 Å². The predicted molar refractivity (Wildman–Crippen MR) is 63.8 cm³/mol. The third-order valence-corrected chi connectivity index (χ3v) is 4.13. The van der Waals surface area contributed by atoms with Crippen LogP contribution in [-0.4, -0.2) is 55.6 Å². The van der Waals surface area contributed by atoms with Gasteiger partial charge in [-0.1, -0.05) is 6.42 Å². The zero-order valence-electron chi connectivity index (χ0n) is 10.2. The molecular formula is C12H25N3. The van der Waals surface area contributed by atoms with Gasteiger partial charge in [-0.15, -0.1) is 0 Å². The number of rotatable bonds is 3. The van der Waals surface area contributed by atoms with Crippen molar-refractivity contribution in [2.45, 2.75) is 37.8 Å². The third-order valence-electron chi connectivity index (χ3n) is 4.13. The SMILES string of the molecule is CN1CCC(CN(C)C2CCCC2N)C1. The molecule has 3 unspecified atom stereocenters. The number of likely N-dealkylation sites (tertiary alicyclic amines) is 1. The molecule has 0 aromatic heterocycles. The average Bonchev–Trinajstić information content (AvgIpc) is 2.75. The zero-order chi connectivity index (χ0) is 10.8. The summed E-state index contributed by atoms with van der Waals surface area (Å²) in [6.45, 7) is 3.78. The summed E-state index contributed by atoms with van der Waals surface area (Å²) < 4.78 is 0. The van der Waals surface area contributed by atoms with Crippen LogP contribution in [0.3, 0.4) is 0 Å². The van der Waals surface area contributed by atoms with Gasteiger partial charge in [-0.3, -0.25) is 0 Å². The Balaban J connectivity index is 1.78. The summed E-state index contributed by atoms with van der Waals surface area (Å²) in [5.74, 6) is 0.868. The van der Waals surface area contributed by atoms with Crippen LogP contribution in [0, 0.1) is 5.92 Å². The lowest BCUT2D eigenvalue weighted by molar-refractivity contribution is 0.196. The number of likely N-dealkylation sites (N-methyl/N-ethyl adjacent to an activating group) is 1. The first kappa shape index (κ1) is 11.4. The molecule has 15 heavy (non-hydrogen) atoms. The quantitative estimate of drug-likeness (QED) is 0.748. The van der Waals surface area contributed by atoms with E-state index in [1.165, 1.54) is 45.3 Å². The van der Waals surface area contributed by atoms with Gasteiger partial charge in [-0.25, -0.2) is 0 Å².